The molecule has 1 aliphatic carbocycles. The first-order chi connectivity index (χ1) is 7.76. The van der Waals surface area contributed by atoms with Crippen molar-refractivity contribution in [3.63, 3.8) is 0 Å². The lowest BCUT2D eigenvalue weighted by Gasteiger charge is -2.07. The predicted octanol–water partition coefficient (Wildman–Crippen LogP) is 3.10. The van der Waals surface area contributed by atoms with E-state index in [4.69, 9.17) is 11.6 Å². The monoisotopic (exact) mass is 240 g/mol. The molecule has 1 saturated carbocycles. The molecule has 1 fully saturated rings. The minimum Gasteiger partial charge on any atom is -0.324 e. The lowest BCUT2D eigenvalue weighted by molar-refractivity contribution is 0.111. The first-order valence-corrected chi connectivity index (χ1v) is 6.34. The van der Waals surface area contributed by atoms with Crippen molar-refractivity contribution in [2.75, 3.05) is 0 Å². The Morgan fingerprint density at radius 1 is 1.56 bits per heavy atom. The highest BCUT2D eigenvalue weighted by molar-refractivity contribution is 6.31. The van der Waals surface area contributed by atoms with Crippen molar-refractivity contribution in [2.45, 2.75) is 45.6 Å². The van der Waals surface area contributed by atoms with Crippen molar-refractivity contribution in [3.8, 4) is 0 Å². The zero-order valence-corrected chi connectivity index (χ0v) is 10.3. The van der Waals surface area contributed by atoms with E-state index in [2.05, 4.69) is 11.9 Å². The highest BCUT2D eigenvalue weighted by Gasteiger charge is 2.25. The lowest BCUT2D eigenvalue weighted by Crippen LogP contribution is -2.08. The van der Waals surface area contributed by atoms with Crippen LogP contribution in [0.1, 0.15) is 48.9 Å². The fourth-order valence-electron chi connectivity index (χ4n) is 1.88. The van der Waals surface area contributed by atoms with Crippen LogP contribution >= 0.6 is 11.6 Å². The highest BCUT2D eigenvalue weighted by atomic mass is 35.5. The van der Waals surface area contributed by atoms with Crippen LogP contribution in [0.4, 0.5) is 0 Å². The number of carbonyl (C=O) groups excluding carboxylic acids is 1. The molecule has 0 atom stereocenters. The maximum atomic E-state index is 11.0. The Labute approximate surface area is 101 Å². The number of hydrogen-bond acceptors (Lipinski definition) is 2. The van der Waals surface area contributed by atoms with Crippen LogP contribution in [-0.2, 0) is 13.0 Å². The second-order valence-corrected chi connectivity index (χ2v) is 4.84. The number of halogens is 1. The van der Waals surface area contributed by atoms with Gasteiger partial charge in [-0.2, -0.15) is 0 Å². The molecular weight excluding hydrogens is 224 g/mol. The zero-order chi connectivity index (χ0) is 11.5. The molecule has 1 aliphatic rings. The molecule has 1 heterocycles. The molecule has 0 aliphatic heterocycles. The Balaban J connectivity index is 2.22. The third kappa shape index (κ3) is 2.46. The number of hydrogen-bond donors (Lipinski definition) is 0. The van der Waals surface area contributed by atoms with Crippen LogP contribution < -0.4 is 0 Å². The summed E-state index contributed by atoms with van der Waals surface area (Å²) in [4.78, 5) is 15.3. The maximum absolute atomic E-state index is 11.0. The van der Waals surface area contributed by atoms with E-state index in [-0.39, 0.29) is 0 Å². The van der Waals surface area contributed by atoms with Crippen LogP contribution in [0.15, 0.2) is 0 Å². The second-order valence-electron chi connectivity index (χ2n) is 4.48. The van der Waals surface area contributed by atoms with Crippen molar-refractivity contribution in [2.24, 2.45) is 5.92 Å². The van der Waals surface area contributed by atoms with Crippen molar-refractivity contribution in [3.05, 3.63) is 16.7 Å². The summed E-state index contributed by atoms with van der Waals surface area (Å²) in [5.41, 5.74) is 0.555. The number of aromatic nitrogens is 2. The average molecular weight is 241 g/mol. The van der Waals surface area contributed by atoms with Crippen molar-refractivity contribution < 1.29 is 4.79 Å². The Bertz CT molecular complexity index is 383. The zero-order valence-electron chi connectivity index (χ0n) is 9.58. The summed E-state index contributed by atoms with van der Waals surface area (Å²) in [5, 5.41) is 0.363. The molecule has 88 valence electrons. The fraction of sp³-hybridized carbons (Fsp3) is 0.667. The van der Waals surface area contributed by atoms with Gasteiger partial charge in [0.25, 0.3) is 0 Å². The Morgan fingerprint density at radius 2 is 2.31 bits per heavy atom. The van der Waals surface area contributed by atoms with Gasteiger partial charge in [0.1, 0.15) is 11.5 Å². The van der Waals surface area contributed by atoms with E-state index in [1.54, 1.807) is 0 Å². The molecule has 4 heteroatoms. The van der Waals surface area contributed by atoms with Crippen LogP contribution in [0.5, 0.6) is 0 Å². The van der Waals surface area contributed by atoms with Crippen molar-refractivity contribution >= 4 is 17.9 Å². The first-order valence-electron chi connectivity index (χ1n) is 5.96. The van der Waals surface area contributed by atoms with E-state index in [0.717, 1.165) is 43.8 Å². The lowest BCUT2D eigenvalue weighted by atomic mass is 10.2. The summed E-state index contributed by atoms with van der Waals surface area (Å²) in [5.74, 6) is 1.70. The molecule has 0 saturated heterocycles. The van der Waals surface area contributed by atoms with Gasteiger partial charge in [0, 0.05) is 13.0 Å². The van der Waals surface area contributed by atoms with Gasteiger partial charge in [0.05, 0.1) is 0 Å². The minimum absolute atomic E-state index is 0.363. The molecule has 0 spiro atoms. The van der Waals surface area contributed by atoms with E-state index < -0.39 is 0 Å². The molecule has 3 nitrogen and oxygen atoms in total. The van der Waals surface area contributed by atoms with Crippen molar-refractivity contribution in [1.82, 2.24) is 9.55 Å². The Kier molecular flexibility index (Phi) is 3.64. The number of nitrogens with zero attached hydrogens (tertiary/aromatic N) is 2. The maximum Gasteiger partial charge on any atom is 0.169 e. The number of carbonyl (C=O) groups is 1. The molecule has 1 aromatic heterocycles. The standard InChI is InChI=1S/C12H17ClN2O/c1-2-3-4-11-14-12(13)10(8-16)15(11)7-9-5-6-9/h8-9H,2-7H2,1H3. The van der Waals surface area contributed by atoms with Gasteiger partial charge < -0.3 is 4.57 Å². The van der Waals surface area contributed by atoms with E-state index in [1.165, 1.54) is 12.8 Å². The molecule has 0 bridgehead atoms. The normalized spacial score (nSPS) is 15.4. The van der Waals surface area contributed by atoms with E-state index >= 15 is 0 Å². The molecule has 1 aromatic rings. The Morgan fingerprint density at radius 3 is 2.88 bits per heavy atom. The Hall–Kier alpha value is -0.830. The van der Waals surface area contributed by atoms with Crippen molar-refractivity contribution in [1.29, 1.82) is 0 Å². The minimum atomic E-state index is 0.363. The van der Waals surface area contributed by atoms with Crippen LogP contribution in [0.2, 0.25) is 5.15 Å². The first kappa shape index (κ1) is 11.6. The van der Waals surface area contributed by atoms with Gasteiger partial charge in [0.15, 0.2) is 11.4 Å². The third-order valence-corrected chi connectivity index (χ3v) is 3.32. The SMILES string of the molecule is CCCCc1nc(Cl)c(C=O)n1CC1CC1. The third-order valence-electron chi connectivity index (χ3n) is 3.04. The van der Waals surface area contributed by atoms with Crippen LogP contribution in [0.25, 0.3) is 0 Å². The number of aldehydes is 1. The van der Waals surface area contributed by atoms with E-state index in [0.29, 0.717) is 10.8 Å². The predicted molar refractivity (Wildman–Crippen MR) is 64.0 cm³/mol. The van der Waals surface area contributed by atoms with Crippen LogP contribution in [-0.4, -0.2) is 15.8 Å². The smallest absolute Gasteiger partial charge is 0.169 e. The van der Waals surface area contributed by atoms with Gasteiger partial charge >= 0.3 is 0 Å². The second kappa shape index (κ2) is 5.00. The molecule has 0 amide bonds. The highest BCUT2D eigenvalue weighted by Crippen LogP contribution is 2.32. The molecule has 2 rings (SSSR count). The average Bonchev–Trinajstić information content (AvgIpc) is 3.02. The van der Waals surface area contributed by atoms with E-state index in [1.807, 2.05) is 4.57 Å². The van der Waals surface area contributed by atoms with Gasteiger partial charge in [-0.15, -0.1) is 0 Å². The van der Waals surface area contributed by atoms with Gasteiger partial charge in [-0.1, -0.05) is 24.9 Å². The summed E-state index contributed by atoms with van der Waals surface area (Å²) in [6, 6.07) is 0. The quantitative estimate of drug-likeness (QED) is 0.717. The van der Waals surface area contributed by atoms with Gasteiger partial charge in [-0.3, -0.25) is 4.79 Å². The number of imidazole rings is 1. The van der Waals surface area contributed by atoms with E-state index in [9.17, 15) is 4.79 Å². The molecule has 16 heavy (non-hydrogen) atoms. The summed E-state index contributed by atoms with van der Waals surface area (Å²) in [7, 11) is 0. The molecule has 0 aromatic carbocycles. The molecular formula is C12H17ClN2O. The van der Waals surface area contributed by atoms with Gasteiger partial charge in [-0.25, -0.2) is 4.98 Å². The molecule has 0 unspecified atom stereocenters. The van der Waals surface area contributed by atoms with Crippen LogP contribution in [0.3, 0.4) is 0 Å². The summed E-state index contributed by atoms with van der Waals surface area (Å²) >= 11 is 5.97. The topological polar surface area (TPSA) is 34.9 Å². The summed E-state index contributed by atoms with van der Waals surface area (Å²) in [6.45, 7) is 3.06. The van der Waals surface area contributed by atoms with Crippen LogP contribution in [0, 0.1) is 5.92 Å². The number of unbranched alkanes of at least 4 members (excludes halogenated alkanes) is 1. The summed E-state index contributed by atoms with van der Waals surface area (Å²) < 4.78 is 2.02. The molecule has 0 radical (unpaired) electrons. The van der Waals surface area contributed by atoms with Gasteiger partial charge in [0.2, 0.25) is 0 Å². The fourth-order valence-corrected chi connectivity index (χ4v) is 2.13. The largest absolute Gasteiger partial charge is 0.324 e. The molecule has 0 N–H and O–H groups in total. The van der Waals surface area contributed by atoms with Gasteiger partial charge in [-0.05, 0) is 25.2 Å². The number of rotatable bonds is 6. The summed E-state index contributed by atoms with van der Waals surface area (Å²) in [6.07, 6.45) is 6.49. The number of aryl methyl sites for hydroxylation is 1.